The molecule has 0 atom stereocenters. The minimum Gasteiger partial charge on any atom is -0.508 e. The fourth-order valence-electron chi connectivity index (χ4n) is 3.68. The van der Waals surface area contributed by atoms with E-state index in [2.05, 4.69) is 0 Å². The Morgan fingerprint density at radius 1 is 0.960 bits per heavy atom. The number of aryl methyl sites for hydroxylation is 1. The monoisotopic (exact) mass is 336 g/mol. The standard InChI is InChI=1S/C20H11F2NO2/c1-23-15-9-11(24)8-14(22)18(15)12-3-2-4-17-19(12)20(23)13-7-10(21)5-6-16(13)25-17/h2-9H,1H3/p+1. The quantitative estimate of drug-likeness (QED) is 0.332. The highest BCUT2D eigenvalue weighted by molar-refractivity contribution is 6.13. The molecule has 5 heteroatoms. The highest BCUT2D eigenvalue weighted by Gasteiger charge is 2.31. The lowest BCUT2D eigenvalue weighted by molar-refractivity contribution is -0.632. The Morgan fingerprint density at radius 2 is 1.80 bits per heavy atom. The molecule has 0 aliphatic carbocycles. The van der Waals surface area contributed by atoms with Crippen LogP contribution in [0.5, 0.6) is 17.2 Å². The van der Waals surface area contributed by atoms with Crippen LogP contribution in [0.15, 0.2) is 48.5 Å². The second kappa shape index (κ2) is 4.66. The van der Waals surface area contributed by atoms with Gasteiger partial charge >= 0.3 is 0 Å². The van der Waals surface area contributed by atoms with E-state index in [9.17, 15) is 13.9 Å². The van der Waals surface area contributed by atoms with Gasteiger partial charge in [0.1, 0.15) is 35.9 Å². The predicted octanol–water partition coefficient (Wildman–Crippen LogP) is 4.57. The zero-order chi connectivity index (χ0) is 17.3. The van der Waals surface area contributed by atoms with E-state index in [-0.39, 0.29) is 11.6 Å². The molecule has 1 aliphatic rings. The molecule has 1 aliphatic heterocycles. The van der Waals surface area contributed by atoms with Gasteiger partial charge in [-0.25, -0.2) is 8.78 Å². The van der Waals surface area contributed by atoms with E-state index in [4.69, 9.17) is 4.74 Å². The number of phenolic OH excluding ortho intramolecular Hbond substituents is 1. The molecule has 1 N–H and O–H groups in total. The lowest BCUT2D eigenvalue weighted by atomic mass is 9.96. The Morgan fingerprint density at radius 3 is 2.64 bits per heavy atom. The number of phenols is 1. The Labute approximate surface area is 141 Å². The third kappa shape index (κ3) is 1.80. The van der Waals surface area contributed by atoms with Gasteiger partial charge in [-0.15, -0.1) is 0 Å². The summed E-state index contributed by atoms with van der Waals surface area (Å²) in [5, 5.41) is 11.6. The highest BCUT2D eigenvalue weighted by atomic mass is 19.1. The number of benzene rings is 3. The molecule has 25 heavy (non-hydrogen) atoms. The molecule has 3 nitrogen and oxygen atoms in total. The van der Waals surface area contributed by atoms with E-state index >= 15 is 0 Å². The van der Waals surface area contributed by atoms with Gasteiger partial charge in [0.25, 0.3) is 0 Å². The smallest absolute Gasteiger partial charge is 0.228 e. The number of ether oxygens (including phenoxy) is 1. The van der Waals surface area contributed by atoms with Gasteiger partial charge in [0.15, 0.2) is 0 Å². The van der Waals surface area contributed by atoms with Crippen LogP contribution in [0.2, 0.25) is 0 Å². The Balaban J connectivity index is 2.10. The van der Waals surface area contributed by atoms with Crippen LogP contribution < -0.4 is 9.30 Å². The van der Waals surface area contributed by atoms with Crippen molar-refractivity contribution in [3.63, 3.8) is 0 Å². The molecule has 2 heterocycles. The Kier molecular flexibility index (Phi) is 2.64. The van der Waals surface area contributed by atoms with Crippen molar-refractivity contribution in [1.29, 1.82) is 0 Å². The maximum Gasteiger partial charge on any atom is 0.228 e. The van der Waals surface area contributed by atoms with Crippen LogP contribution in [0.4, 0.5) is 8.78 Å². The molecule has 0 bridgehead atoms. The van der Waals surface area contributed by atoms with E-state index in [0.717, 1.165) is 17.1 Å². The predicted molar refractivity (Wildman–Crippen MR) is 89.7 cm³/mol. The van der Waals surface area contributed by atoms with Crippen molar-refractivity contribution in [2.75, 3.05) is 0 Å². The van der Waals surface area contributed by atoms with Crippen LogP contribution in [-0.2, 0) is 7.05 Å². The van der Waals surface area contributed by atoms with Crippen molar-refractivity contribution in [3.05, 3.63) is 60.2 Å². The Bertz CT molecular complexity index is 1220. The zero-order valence-corrected chi connectivity index (χ0v) is 13.2. The molecule has 1 aromatic heterocycles. The average Bonchev–Trinajstić information content (AvgIpc) is 2.58. The summed E-state index contributed by atoms with van der Waals surface area (Å²) in [7, 11) is 1.77. The summed E-state index contributed by atoms with van der Waals surface area (Å²) in [6.45, 7) is 0. The number of rotatable bonds is 0. The van der Waals surface area contributed by atoms with Crippen molar-refractivity contribution in [3.8, 4) is 28.5 Å². The Hall–Kier alpha value is -3.21. The van der Waals surface area contributed by atoms with Crippen LogP contribution in [0.1, 0.15) is 0 Å². The molecule has 0 unspecified atom stereocenters. The van der Waals surface area contributed by atoms with Gasteiger partial charge in [-0.2, -0.15) is 4.57 Å². The fraction of sp³-hybridized carbons (Fsp3) is 0.0500. The number of aromatic nitrogens is 1. The van der Waals surface area contributed by atoms with Crippen LogP contribution in [-0.4, -0.2) is 5.11 Å². The van der Waals surface area contributed by atoms with Crippen LogP contribution in [0, 0.1) is 11.6 Å². The summed E-state index contributed by atoms with van der Waals surface area (Å²) in [5.41, 5.74) is 1.84. The maximum atomic E-state index is 14.6. The molecule has 5 rings (SSSR count). The highest BCUT2D eigenvalue weighted by Crippen LogP contribution is 2.46. The van der Waals surface area contributed by atoms with E-state index in [1.807, 2.05) is 6.07 Å². The van der Waals surface area contributed by atoms with Crippen LogP contribution in [0.25, 0.3) is 32.9 Å². The first-order chi connectivity index (χ1) is 12.0. The molecule has 0 radical (unpaired) electrons. The van der Waals surface area contributed by atoms with E-state index in [1.54, 1.807) is 29.8 Å². The first kappa shape index (κ1) is 14.2. The van der Waals surface area contributed by atoms with Gasteiger partial charge in [-0.3, -0.25) is 0 Å². The first-order valence-electron chi connectivity index (χ1n) is 7.79. The summed E-state index contributed by atoms with van der Waals surface area (Å²) >= 11 is 0. The molecular weight excluding hydrogens is 324 g/mol. The van der Waals surface area contributed by atoms with Crippen LogP contribution >= 0.6 is 0 Å². The van der Waals surface area contributed by atoms with Gasteiger partial charge < -0.3 is 9.84 Å². The maximum absolute atomic E-state index is 14.6. The second-order valence-corrected chi connectivity index (χ2v) is 6.15. The van der Waals surface area contributed by atoms with Gasteiger partial charge in [0.05, 0.1) is 22.4 Å². The summed E-state index contributed by atoms with van der Waals surface area (Å²) < 4.78 is 36.2. The number of fused-ring (bicyclic) bond motifs is 4. The second-order valence-electron chi connectivity index (χ2n) is 6.15. The van der Waals surface area contributed by atoms with Crippen molar-refractivity contribution in [2.45, 2.75) is 0 Å². The number of hydrogen-bond donors (Lipinski definition) is 1. The van der Waals surface area contributed by atoms with Gasteiger partial charge in [-0.05, 0) is 24.3 Å². The third-order valence-corrected chi connectivity index (χ3v) is 4.70. The summed E-state index contributed by atoms with van der Waals surface area (Å²) in [6.07, 6.45) is 0. The lowest BCUT2D eigenvalue weighted by Gasteiger charge is -2.20. The normalized spacial score (nSPS) is 12.3. The summed E-state index contributed by atoms with van der Waals surface area (Å²) in [6, 6.07) is 12.3. The van der Waals surface area contributed by atoms with E-state index in [0.29, 0.717) is 33.4 Å². The zero-order valence-electron chi connectivity index (χ0n) is 13.2. The molecule has 3 aromatic carbocycles. The first-order valence-corrected chi connectivity index (χ1v) is 7.79. The average molecular weight is 336 g/mol. The van der Waals surface area contributed by atoms with Crippen molar-refractivity contribution < 1.29 is 23.2 Å². The number of nitrogens with zero attached hydrogens (tertiary/aromatic N) is 1. The van der Waals surface area contributed by atoms with E-state index < -0.39 is 5.82 Å². The summed E-state index contributed by atoms with van der Waals surface area (Å²) in [4.78, 5) is 0. The molecular formula is C20H12F2NO2+. The third-order valence-electron chi connectivity index (χ3n) is 4.70. The largest absolute Gasteiger partial charge is 0.508 e. The molecule has 0 amide bonds. The van der Waals surface area contributed by atoms with Crippen molar-refractivity contribution >= 4 is 21.7 Å². The molecule has 4 aromatic rings. The van der Waals surface area contributed by atoms with Gasteiger partial charge in [-0.1, -0.05) is 12.1 Å². The summed E-state index contributed by atoms with van der Waals surface area (Å²) in [5.74, 6) is 0.0831. The minimum absolute atomic E-state index is 0.158. The number of aromatic hydroxyl groups is 1. The SMILES string of the molecule is C[n+]1c2c3c(cccc3c3c(F)cc(O)cc31)Oc1ccc(F)cc1-2. The molecule has 0 fully saturated rings. The lowest BCUT2D eigenvalue weighted by Crippen LogP contribution is -2.33. The van der Waals surface area contributed by atoms with Crippen LogP contribution in [0.3, 0.4) is 0 Å². The number of pyridine rings is 1. The van der Waals surface area contributed by atoms with E-state index in [1.165, 1.54) is 18.2 Å². The number of hydrogen-bond acceptors (Lipinski definition) is 2. The van der Waals surface area contributed by atoms with Gasteiger partial charge in [0.2, 0.25) is 11.2 Å². The minimum atomic E-state index is -0.515. The molecule has 122 valence electrons. The number of halogens is 2. The molecule has 0 spiro atoms. The van der Waals surface area contributed by atoms with Crippen molar-refractivity contribution in [1.82, 2.24) is 0 Å². The molecule has 0 saturated heterocycles. The topological polar surface area (TPSA) is 33.3 Å². The molecule has 0 saturated carbocycles. The van der Waals surface area contributed by atoms with Crippen molar-refractivity contribution in [2.24, 2.45) is 7.05 Å². The fourth-order valence-corrected chi connectivity index (χ4v) is 3.68. The van der Waals surface area contributed by atoms with Gasteiger partial charge in [0, 0.05) is 11.5 Å².